The van der Waals surface area contributed by atoms with Crippen LogP contribution in [0.3, 0.4) is 0 Å². The van der Waals surface area contributed by atoms with Gasteiger partial charge in [0.15, 0.2) is 0 Å². The van der Waals surface area contributed by atoms with Crippen molar-refractivity contribution in [3.63, 3.8) is 0 Å². The van der Waals surface area contributed by atoms with Gasteiger partial charge in [-0.25, -0.2) is 9.97 Å². The molecule has 0 aromatic carbocycles. The Labute approximate surface area is 126 Å². The SMILES string of the molecule is CCCNc1ncnc(NC2CCCNC2=O)c1C(C)C. The lowest BCUT2D eigenvalue weighted by Crippen LogP contribution is -2.44. The minimum absolute atomic E-state index is 0.0534. The Balaban J connectivity index is 2.23. The van der Waals surface area contributed by atoms with Gasteiger partial charge in [-0.3, -0.25) is 4.79 Å². The van der Waals surface area contributed by atoms with E-state index in [9.17, 15) is 4.79 Å². The number of piperidine rings is 1. The van der Waals surface area contributed by atoms with E-state index in [-0.39, 0.29) is 17.9 Å². The molecule has 1 fully saturated rings. The number of rotatable bonds is 6. The minimum atomic E-state index is -0.204. The van der Waals surface area contributed by atoms with Crippen LogP contribution < -0.4 is 16.0 Å². The average molecular weight is 291 g/mol. The first-order valence-electron chi connectivity index (χ1n) is 7.76. The molecular formula is C15H25N5O. The Morgan fingerprint density at radius 1 is 1.38 bits per heavy atom. The fourth-order valence-electron chi connectivity index (χ4n) is 2.52. The van der Waals surface area contributed by atoms with Gasteiger partial charge in [-0.1, -0.05) is 20.8 Å². The van der Waals surface area contributed by atoms with E-state index >= 15 is 0 Å². The Morgan fingerprint density at radius 3 is 2.81 bits per heavy atom. The fourth-order valence-corrected chi connectivity index (χ4v) is 2.52. The van der Waals surface area contributed by atoms with Gasteiger partial charge in [-0.2, -0.15) is 0 Å². The number of carbonyl (C=O) groups excluding carboxylic acids is 1. The Kier molecular flexibility index (Phi) is 5.36. The van der Waals surface area contributed by atoms with Crippen molar-refractivity contribution in [1.82, 2.24) is 15.3 Å². The van der Waals surface area contributed by atoms with Crippen LogP contribution in [0.1, 0.15) is 51.5 Å². The first-order chi connectivity index (χ1) is 10.1. The molecule has 1 aromatic rings. The molecule has 0 aliphatic carbocycles. The maximum atomic E-state index is 11.9. The van der Waals surface area contributed by atoms with Gasteiger partial charge in [0.25, 0.3) is 0 Å². The highest BCUT2D eigenvalue weighted by molar-refractivity contribution is 5.85. The zero-order valence-corrected chi connectivity index (χ0v) is 13.1. The van der Waals surface area contributed by atoms with E-state index in [4.69, 9.17) is 0 Å². The van der Waals surface area contributed by atoms with Gasteiger partial charge in [0.2, 0.25) is 5.91 Å². The van der Waals surface area contributed by atoms with Crippen molar-refractivity contribution >= 4 is 17.5 Å². The summed E-state index contributed by atoms with van der Waals surface area (Å²) in [5, 5.41) is 9.53. The summed E-state index contributed by atoms with van der Waals surface area (Å²) in [6.07, 6.45) is 4.42. The molecule has 2 heterocycles. The van der Waals surface area contributed by atoms with Crippen molar-refractivity contribution in [1.29, 1.82) is 0 Å². The second-order valence-electron chi connectivity index (χ2n) is 5.70. The Hall–Kier alpha value is -1.85. The van der Waals surface area contributed by atoms with Crippen LogP contribution in [0, 0.1) is 0 Å². The van der Waals surface area contributed by atoms with Crippen LogP contribution >= 0.6 is 0 Å². The average Bonchev–Trinajstić information content (AvgIpc) is 2.47. The van der Waals surface area contributed by atoms with Gasteiger partial charge >= 0.3 is 0 Å². The first kappa shape index (κ1) is 15.5. The van der Waals surface area contributed by atoms with Gasteiger partial charge in [0, 0.05) is 18.7 Å². The number of carbonyl (C=O) groups is 1. The van der Waals surface area contributed by atoms with E-state index < -0.39 is 0 Å². The normalized spacial score (nSPS) is 18.5. The van der Waals surface area contributed by atoms with Crippen molar-refractivity contribution in [2.24, 2.45) is 0 Å². The molecule has 1 unspecified atom stereocenters. The number of aromatic nitrogens is 2. The Morgan fingerprint density at radius 2 is 2.14 bits per heavy atom. The van der Waals surface area contributed by atoms with Crippen molar-refractivity contribution in [3.8, 4) is 0 Å². The predicted octanol–water partition coefficient (Wildman–Crippen LogP) is 2.11. The molecule has 21 heavy (non-hydrogen) atoms. The summed E-state index contributed by atoms with van der Waals surface area (Å²) in [4.78, 5) is 20.6. The lowest BCUT2D eigenvalue weighted by atomic mass is 10.0. The van der Waals surface area contributed by atoms with E-state index in [1.807, 2.05) is 0 Å². The molecule has 1 aliphatic heterocycles. The van der Waals surface area contributed by atoms with Crippen molar-refractivity contribution in [2.75, 3.05) is 23.7 Å². The third-order valence-corrected chi connectivity index (χ3v) is 3.60. The maximum absolute atomic E-state index is 11.9. The molecule has 116 valence electrons. The van der Waals surface area contributed by atoms with E-state index in [1.165, 1.54) is 0 Å². The van der Waals surface area contributed by atoms with Crippen molar-refractivity contribution < 1.29 is 4.79 Å². The van der Waals surface area contributed by atoms with E-state index in [1.54, 1.807) is 6.33 Å². The maximum Gasteiger partial charge on any atom is 0.242 e. The van der Waals surface area contributed by atoms with Gasteiger partial charge in [-0.05, 0) is 25.2 Å². The first-order valence-corrected chi connectivity index (χ1v) is 7.76. The zero-order chi connectivity index (χ0) is 15.2. The highest BCUT2D eigenvalue weighted by atomic mass is 16.2. The molecule has 0 bridgehead atoms. The largest absolute Gasteiger partial charge is 0.370 e. The minimum Gasteiger partial charge on any atom is -0.370 e. The lowest BCUT2D eigenvalue weighted by Gasteiger charge is -2.25. The molecule has 1 saturated heterocycles. The molecule has 6 heteroatoms. The smallest absolute Gasteiger partial charge is 0.242 e. The molecule has 6 nitrogen and oxygen atoms in total. The fraction of sp³-hybridized carbons (Fsp3) is 0.667. The van der Waals surface area contributed by atoms with Crippen LogP contribution in [0.2, 0.25) is 0 Å². The summed E-state index contributed by atoms with van der Waals surface area (Å²) in [7, 11) is 0. The number of anilines is 2. The highest BCUT2D eigenvalue weighted by Crippen LogP contribution is 2.29. The summed E-state index contributed by atoms with van der Waals surface area (Å²) in [6, 6.07) is -0.204. The van der Waals surface area contributed by atoms with Gasteiger partial charge in [0.1, 0.15) is 24.0 Å². The molecule has 2 rings (SSSR count). The Bertz CT molecular complexity index is 489. The molecule has 0 spiro atoms. The quantitative estimate of drug-likeness (QED) is 0.748. The summed E-state index contributed by atoms with van der Waals surface area (Å²) in [5.74, 6) is 1.96. The van der Waals surface area contributed by atoms with Crippen LogP contribution in [0.5, 0.6) is 0 Å². The van der Waals surface area contributed by atoms with Crippen LogP contribution in [0.25, 0.3) is 0 Å². The second kappa shape index (κ2) is 7.24. The molecule has 3 N–H and O–H groups in total. The molecule has 1 aliphatic rings. The van der Waals surface area contributed by atoms with E-state index in [0.717, 1.165) is 49.6 Å². The third kappa shape index (κ3) is 3.83. The van der Waals surface area contributed by atoms with Crippen LogP contribution in [-0.4, -0.2) is 35.0 Å². The predicted molar refractivity (Wildman–Crippen MR) is 84.6 cm³/mol. The van der Waals surface area contributed by atoms with E-state index in [2.05, 4.69) is 46.7 Å². The van der Waals surface area contributed by atoms with E-state index in [0.29, 0.717) is 0 Å². The molecule has 1 aromatic heterocycles. The zero-order valence-electron chi connectivity index (χ0n) is 13.1. The summed E-state index contributed by atoms with van der Waals surface area (Å²) in [5.41, 5.74) is 1.05. The molecule has 0 saturated carbocycles. The summed E-state index contributed by atoms with van der Waals surface area (Å²) < 4.78 is 0. The topological polar surface area (TPSA) is 78.9 Å². The molecular weight excluding hydrogens is 266 g/mol. The van der Waals surface area contributed by atoms with Crippen LogP contribution in [0.15, 0.2) is 6.33 Å². The summed E-state index contributed by atoms with van der Waals surface area (Å²) in [6.45, 7) is 7.99. The number of nitrogens with one attached hydrogen (secondary N) is 3. The lowest BCUT2D eigenvalue weighted by molar-refractivity contribution is -0.123. The number of hydrogen-bond acceptors (Lipinski definition) is 5. The second-order valence-corrected chi connectivity index (χ2v) is 5.70. The van der Waals surface area contributed by atoms with Gasteiger partial charge < -0.3 is 16.0 Å². The standard InChI is InChI=1S/C15H25N5O/c1-4-7-16-13-12(10(2)3)14(19-9-18-13)20-11-6-5-8-17-15(11)21/h9-11H,4-8H2,1-3H3,(H,17,21)(H2,16,18,19,20). The molecule has 0 radical (unpaired) electrons. The van der Waals surface area contributed by atoms with Crippen molar-refractivity contribution in [2.45, 2.75) is 52.0 Å². The third-order valence-electron chi connectivity index (χ3n) is 3.60. The van der Waals surface area contributed by atoms with Gasteiger partial charge in [-0.15, -0.1) is 0 Å². The number of nitrogens with zero attached hydrogens (tertiary/aromatic N) is 2. The summed E-state index contributed by atoms with van der Waals surface area (Å²) >= 11 is 0. The molecule has 1 atom stereocenters. The highest BCUT2D eigenvalue weighted by Gasteiger charge is 2.24. The van der Waals surface area contributed by atoms with Crippen LogP contribution in [0.4, 0.5) is 11.6 Å². The number of amides is 1. The van der Waals surface area contributed by atoms with Crippen LogP contribution in [-0.2, 0) is 4.79 Å². The van der Waals surface area contributed by atoms with Gasteiger partial charge in [0.05, 0.1) is 0 Å². The molecule has 1 amide bonds. The monoisotopic (exact) mass is 291 g/mol. The van der Waals surface area contributed by atoms with Crippen molar-refractivity contribution in [3.05, 3.63) is 11.9 Å². The number of hydrogen-bond donors (Lipinski definition) is 3.